The summed E-state index contributed by atoms with van der Waals surface area (Å²) in [7, 11) is 0. The van der Waals surface area contributed by atoms with Crippen molar-refractivity contribution < 1.29 is 23.7 Å². The van der Waals surface area contributed by atoms with E-state index in [1.807, 2.05) is 72.8 Å². The van der Waals surface area contributed by atoms with Crippen LogP contribution in [-0.4, -0.2) is 25.5 Å². The predicted octanol–water partition coefficient (Wildman–Crippen LogP) is 5.90. The van der Waals surface area contributed by atoms with Crippen LogP contribution in [0.4, 0.5) is 0 Å². The van der Waals surface area contributed by atoms with Crippen LogP contribution in [0.5, 0.6) is 11.5 Å². The van der Waals surface area contributed by atoms with Crippen molar-refractivity contribution in [2.45, 2.75) is 24.5 Å². The van der Waals surface area contributed by atoms with Gasteiger partial charge in [0, 0.05) is 6.42 Å². The molecule has 5 heteroatoms. The lowest BCUT2D eigenvalue weighted by Crippen LogP contribution is -2.35. The minimum atomic E-state index is -0.842. The van der Waals surface area contributed by atoms with E-state index < -0.39 is 5.60 Å². The highest BCUT2D eigenvalue weighted by Crippen LogP contribution is 2.41. The number of carbonyl (C=O) groups excluding carboxylic acids is 1. The van der Waals surface area contributed by atoms with Crippen LogP contribution in [0.1, 0.15) is 28.7 Å². The lowest BCUT2D eigenvalue weighted by molar-refractivity contribution is -0.147. The Balaban J connectivity index is 1.26. The normalized spacial score (nSPS) is 18.5. The van der Waals surface area contributed by atoms with Crippen LogP contribution in [0.2, 0.25) is 0 Å². The second-order valence-electron chi connectivity index (χ2n) is 9.47. The summed E-state index contributed by atoms with van der Waals surface area (Å²) >= 11 is 0. The fourth-order valence-electron chi connectivity index (χ4n) is 5.33. The molecule has 0 aromatic heterocycles. The number of benzene rings is 4. The molecule has 0 bridgehead atoms. The summed E-state index contributed by atoms with van der Waals surface area (Å²) in [5.74, 6) is 1.05. The second-order valence-corrected chi connectivity index (χ2v) is 9.47. The quantitative estimate of drug-likeness (QED) is 0.227. The molecule has 4 aromatic carbocycles. The number of fused-ring (bicyclic) bond motifs is 1. The first kappa shape index (κ1) is 23.3. The Morgan fingerprint density at radius 1 is 0.730 bits per heavy atom. The highest BCUT2D eigenvalue weighted by atomic mass is 16.7. The molecule has 2 heterocycles. The van der Waals surface area contributed by atoms with Crippen molar-refractivity contribution in [3.05, 3.63) is 131 Å². The SMILES string of the molecule is O=C1O[C@H](COC(c2ccccc2)(c2ccccc2)c2ccccc2)C[C@H]1Cc1ccc2c(c1)OCO2. The molecule has 2 atom stereocenters. The Morgan fingerprint density at radius 3 is 1.89 bits per heavy atom. The summed E-state index contributed by atoms with van der Waals surface area (Å²) in [6.45, 7) is 0.512. The van der Waals surface area contributed by atoms with Crippen LogP contribution in [0.15, 0.2) is 109 Å². The molecular formula is C32H28O5. The van der Waals surface area contributed by atoms with Crippen molar-refractivity contribution in [2.24, 2.45) is 5.92 Å². The van der Waals surface area contributed by atoms with Gasteiger partial charge in [-0.15, -0.1) is 0 Å². The van der Waals surface area contributed by atoms with Crippen LogP contribution in [0.3, 0.4) is 0 Å². The van der Waals surface area contributed by atoms with E-state index in [-0.39, 0.29) is 31.4 Å². The summed E-state index contributed by atoms with van der Waals surface area (Å²) in [4.78, 5) is 12.8. The molecule has 1 saturated heterocycles. The molecule has 186 valence electrons. The Labute approximate surface area is 216 Å². The van der Waals surface area contributed by atoms with Gasteiger partial charge in [0.15, 0.2) is 11.5 Å². The van der Waals surface area contributed by atoms with Crippen LogP contribution < -0.4 is 9.47 Å². The zero-order valence-corrected chi connectivity index (χ0v) is 20.4. The highest BCUT2D eigenvalue weighted by Gasteiger charge is 2.41. The molecule has 2 aliphatic heterocycles. The van der Waals surface area contributed by atoms with Crippen molar-refractivity contribution in [1.29, 1.82) is 0 Å². The third-order valence-electron chi connectivity index (χ3n) is 7.11. The summed E-state index contributed by atoms with van der Waals surface area (Å²) in [5, 5.41) is 0. The third kappa shape index (κ3) is 4.58. The Hall–Kier alpha value is -4.09. The molecular weight excluding hydrogens is 464 g/mol. The average Bonchev–Trinajstić information content (AvgIpc) is 3.56. The molecule has 0 N–H and O–H groups in total. The summed E-state index contributed by atoms with van der Waals surface area (Å²) in [5.41, 5.74) is 3.25. The summed E-state index contributed by atoms with van der Waals surface area (Å²) in [6, 6.07) is 36.5. The highest BCUT2D eigenvalue weighted by molar-refractivity contribution is 5.75. The van der Waals surface area contributed by atoms with E-state index >= 15 is 0 Å². The van der Waals surface area contributed by atoms with Gasteiger partial charge in [-0.1, -0.05) is 97.1 Å². The minimum Gasteiger partial charge on any atom is -0.460 e. The van der Waals surface area contributed by atoms with Gasteiger partial charge >= 0.3 is 5.97 Å². The van der Waals surface area contributed by atoms with E-state index in [1.165, 1.54) is 0 Å². The second kappa shape index (κ2) is 10.1. The average molecular weight is 493 g/mol. The number of carbonyl (C=O) groups is 1. The molecule has 0 radical (unpaired) electrons. The fourth-order valence-corrected chi connectivity index (χ4v) is 5.33. The van der Waals surface area contributed by atoms with E-state index in [4.69, 9.17) is 18.9 Å². The van der Waals surface area contributed by atoms with Gasteiger partial charge in [-0.3, -0.25) is 4.79 Å². The predicted molar refractivity (Wildman–Crippen MR) is 139 cm³/mol. The first-order valence-corrected chi connectivity index (χ1v) is 12.6. The molecule has 1 fully saturated rings. The lowest BCUT2D eigenvalue weighted by atomic mass is 9.80. The Bertz CT molecular complexity index is 1260. The Morgan fingerprint density at radius 2 is 1.30 bits per heavy atom. The fraction of sp³-hybridized carbons (Fsp3) is 0.219. The van der Waals surface area contributed by atoms with E-state index in [0.29, 0.717) is 12.8 Å². The van der Waals surface area contributed by atoms with Gasteiger partial charge in [-0.05, 0) is 40.8 Å². The smallest absolute Gasteiger partial charge is 0.309 e. The number of ether oxygens (including phenoxy) is 4. The molecule has 0 aliphatic carbocycles. The van der Waals surface area contributed by atoms with Crippen LogP contribution >= 0.6 is 0 Å². The van der Waals surface area contributed by atoms with Crippen molar-refractivity contribution in [1.82, 2.24) is 0 Å². The van der Waals surface area contributed by atoms with Crippen molar-refractivity contribution in [3.8, 4) is 11.5 Å². The van der Waals surface area contributed by atoms with Crippen LogP contribution in [0.25, 0.3) is 0 Å². The van der Waals surface area contributed by atoms with Gasteiger partial charge in [0.2, 0.25) is 6.79 Å². The topological polar surface area (TPSA) is 54.0 Å². The molecule has 0 saturated carbocycles. The third-order valence-corrected chi connectivity index (χ3v) is 7.11. The zero-order chi connectivity index (χ0) is 25.1. The number of hydrogen-bond acceptors (Lipinski definition) is 5. The molecule has 5 nitrogen and oxygen atoms in total. The maximum Gasteiger partial charge on any atom is 0.309 e. The number of hydrogen-bond donors (Lipinski definition) is 0. The molecule has 6 rings (SSSR count). The van der Waals surface area contributed by atoms with Crippen LogP contribution in [0, 0.1) is 5.92 Å². The molecule has 37 heavy (non-hydrogen) atoms. The minimum absolute atomic E-state index is 0.184. The van der Waals surface area contributed by atoms with E-state index in [2.05, 4.69) is 36.4 Å². The number of esters is 1. The van der Waals surface area contributed by atoms with Gasteiger partial charge in [0.05, 0.1) is 12.5 Å². The molecule has 0 unspecified atom stereocenters. The molecule has 0 spiro atoms. The van der Waals surface area contributed by atoms with Gasteiger partial charge in [0.1, 0.15) is 11.7 Å². The maximum absolute atomic E-state index is 12.8. The van der Waals surface area contributed by atoms with Gasteiger partial charge in [-0.2, -0.15) is 0 Å². The standard InChI is InChI=1S/C32H28O5/c33-31-24(18-23-16-17-29-30(19-23)35-22-34-29)20-28(37-31)21-36-32(25-10-4-1-5-11-25,26-12-6-2-7-13-26)27-14-8-3-9-15-27/h1-17,19,24,28H,18,20-22H2/t24-,28+/m1/s1. The van der Waals surface area contributed by atoms with Crippen molar-refractivity contribution >= 4 is 5.97 Å². The zero-order valence-electron chi connectivity index (χ0n) is 20.4. The molecule has 0 amide bonds. The van der Waals surface area contributed by atoms with E-state index in [0.717, 1.165) is 33.8 Å². The van der Waals surface area contributed by atoms with Crippen molar-refractivity contribution in [2.75, 3.05) is 13.4 Å². The van der Waals surface area contributed by atoms with Crippen molar-refractivity contribution in [3.63, 3.8) is 0 Å². The lowest BCUT2D eigenvalue weighted by Gasteiger charge is -2.36. The van der Waals surface area contributed by atoms with E-state index in [9.17, 15) is 4.79 Å². The maximum atomic E-state index is 12.8. The summed E-state index contributed by atoms with van der Waals surface area (Å²) < 4.78 is 23.6. The first-order valence-electron chi connectivity index (χ1n) is 12.6. The van der Waals surface area contributed by atoms with Gasteiger partial charge in [0.25, 0.3) is 0 Å². The first-order chi connectivity index (χ1) is 18.2. The van der Waals surface area contributed by atoms with Crippen LogP contribution in [-0.2, 0) is 26.3 Å². The molecule has 2 aliphatic rings. The summed E-state index contributed by atoms with van der Waals surface area (Å²) in [6.07, 6.45) is 0.858. The number of rotatable bonds is 8. The van der Waals surface area contributed by atoms with Gasteiger partial charge in [-0.25, -0.2) is 0 Å². The van der Waals surface area contributed by atoms with Gasteiger partial charge < -0.3 is 18.9 Å². The monoisotopic (exact) mass is 492 g/mol. The number of cyclic esters (lactones) is 1. The molecule has 4 aromatic rings. The van der Waals surface area contributed by atoms with E-state index in [1.54, 1.807) is 0 Å². The largest absolute Gasteiger partial charge is 0.460 e. The Kier molecular flexibility index (Phi) is 6.37.